The van der Waals surface area contributed by atoms with Gasteiger partial charge in [-0.25, -0.2) is 0 Å². The maximum atomic E-state index is 11.2. The van der Waals surface area contributed by atoms with Gasteiger partial charge in [0.2, 0.25) is 5.91 Å². The minimum atomic E-state index is -0.0971. The maximum absolute atomic E-state index is 11.2. The number of amides is 1. The van der Waals surface area contributed by atoms with E-state index in [9.17, 15) is 4.79 Å². The van der Waals surface area contributed by atoms with Crippen LogP contribution >= 0.6 is 0 Å². The zero-order valence-electron chi connectivity index (χ0n) is 11.9. The molecule has 106 valence electrons. The van der Waals surface area contributed by atoms with Crippen LogP contribution in [-0.2, 0) is 14.3 Å². The normalized spacial score (nSPS) is 28.4. The summed E-state index contributed by atoms with van der Waals surface area (Å²) in [6.07, 6.45) is 3.54. The Morgan fingerprint density at radius 3 is 2.83 bits per heavy atom. The monoisotopic (exact) mass is 258 g/mol. The van der Waals surface area contributed by atoms with E-state index in [2.05, 4.69) is 24.2 Å². The fourth-order valence-corrected chi connectivity index (χ4v) is 2.38. The molecule has 1 heterocycles. The Kier molecular flexibility index (Phi) is 6.60. The van der Waals surface area contributed by atoms with Gasteiger partial charge in [0.05, 0.1) is 6.10 Å². The van der Waals surface area contributed by atoms with Crippen LogP contribution in [0.5, 0.6) is 0 Å². The Labute approximate surface area is 110 Å². The van der Waals surface area contributed by atoms with Gasteiger partial charge in [0.25, 0.3) is 0 Å². The number of nitrogens with one attached hydrogen (secondary N) is 1. The molecule has 18 heavy (non-hydrogen) atoms. The van der Waals surface area contributed by atoms with E-state index >= 15 is 0 Å². The molecular formula is C13H26N2O3. The molecule has 1 aliphatic rings. The minimum Gasteiger partial charge on any atom is -0.359 e. The highest BCUT2D eigenvalue weighted by Crippen LogP contribution is 2.23. The van der Waals surface area contributed by atoms with Crippen molar-refractivity contribution < 1.29 is 14.3 Å². The fraction of sp³-hybridized carbons (Fsp3) is 0.923. The van der Waals surface area contributed by atoms with E-state index in [0.717, 1.165) is 25.8 Å². The van der Waals surface area contributed by atoms with Gasteiger partial charge in [0.1, 0.15) is 0 Å². The highest BCUT2D eigenvalue weighted by Gasteiger charge is 2.29. The number of carbonyl (C=O) groups excluding carboxylic acids is 1. The Hall–Kier alpha value is -0.650. The van der Waals surface area contributed by atoms with Crippen molar-refractivity contribution >= 4 is 5.91 Å². The SMILES string of the molecule is CNC(=O)CCCN(C)[C@@H]1C[C@H](OC)O[C@H](C)C1. The zero-order chi connectivity index (χ0) is 13.5. The molecule has 0 aliphatic carbocycles. The molecule has 0 unspecified atom stereocenters. The van der Waals surface area contributed by atoms with Crippen LogP contribution in [0.1, 0.15) is 32.6 Å². The smallest absolute Gasteiger partial charge is 0.219 e. The summed E-state index contributed by atoms with van der Waals surface area (Å²) < 4.78 is 11.0. The van der Waals surface area contributed by atoms with Crippen LogP contribution in [0.2, 0.25) is 0 Å². The average Bonchev–Trinajstić information content (AvgIpc) is 2.37. The van der Waals surface area contributed by atoms with Crippen LogP contribution in [0.15, 0.2) is 0 Å². The van der Waals surface area contributed by atoms with Gasteiger partial charge in [0, 0.05) is 33.0 Å². The topological polar surface area (TPSA) is 50.8 Å². The van der Waals surface area contributed by atoms with Gasteiger partial charge >= 0.3 is 0 Å². The van der Waals surface area contributed by atoms with Crippen molar-refractivity contribution in [1.29, 1.82) is 0 Å². The van der Waals surface area contributed by atoms with Crippen molar-refractivity contribution in [2.24, 2.45) is 0 Å². The third-order valence-corrected chi connectivity index (χ3v) is 3.53. The predicted molar refractivity (Wildman–Crippen MR) is 70.3 cm³/mol. The van der Waals surface area contributed by atoms with Crippen LogP contribution in [0.25, 0.3) is 0 Å². The Morgan fingerprint density at radius 1 is 1.50 bits per heavy atom. The van der Waals surface area contributed by atoms with Gasteiger partial charge in [-0.2, -0.15) is 0 Å². The van der Waals surface area contributed by atoms with Crippen LogP contribution in [-0.4, -0.2) is 57.0 Å². The second-order valence-electron chi connectivity index (χ2n) is 4.99. The molecule has 1 fully saturated rings. The van der Waals surface area contributed by atoms with Crippen LogP contribution in [0, 0.1) is 0 Å². The third-order valence-electron chi connectivity index (χ3n) is 3.53. The number of methoxy groups -OCH3 is 1. The Bertz CT molecular complexity index is 261. The lowest BCUT2D eigenvalue weighted by Crippen LogP contribution is -2.44. The lowest BCUT2D eigenvalue weighted by atomic mass is 10.0. The number of hydrogen-bond donors (Lipinski definition) is 1. The van der Waals surface area contributed by atoms with Crippen LogP contribution < -0.4 is 5.32 Å². The second kappa shape index (κ2) is 7.71. The molecule has 1 rings (SSSR count). The third kappa shape index (κ3) is 4.92. The van der Waals surface area contributed by atoms with E-state index in [-0.39, 0.29) is 18.3 Å². The van der Waals surface area contributed by atoms with E-state index in [0.29, 0.717) is 12.5 Å². The first-order valence-electron chi connectivity index (χ1n) is 6.66. The van der Waals surface area contributed by atoms with Crippen molar-refractivity contribution in [2.75, 3.05) is 27.7 Å². The molecule has 1 saturated heterocycles. The lowest BCUT2D eigenvalue weighted by molar-refractivity contribution is -0.189. The van der Waals surface area contributed by atoms with Crippen LogP contribution in [0.3, 0.4) is 0 Å². The van der Waals surface area contributed by atoms with Gasteiger partial charge < -0.3 is 19.7 Å². The van der Waals surface area contributed by atoms with E-state index in [1.54, 1.807) is 14.2 Å². The van der Waals surface area contributed by atoms with Crippen molar-refractivity contribution in [3.05, 3.63) is 0 Å². The first-order valence-corrected chi connectivity index (χ1v) is 6.66. The predicted octanol–water partition coefficient (Wildman–Crippen LogP) is 0.984. The zero-order valence-corrected chi connectivity index (χ0v) is 11.9. The standard InChI is InChI=1S/C13H26N2O3/c1-10-8-11(9-13(17-4)18-10)15(3)7-5-6-12(16)14-2/h10-11,13H,5-9H2,1-4H3,(H,14,16)/t10-,11+,13-/m1/s1. The summed E-state index contributed by atoms with van der Waals surface area (Å²) in [7, 11) is 5.47. The number of rotatable bonds is 6. The summed E-state index contributed by atoms with van der Waals surface area (Å²) in [5.74, 6) is 0.110. The molecule has 0 saturated carbocycles. The molecule has 5 heteroatoms. The van der Waals surface area contributed by atoms with Gasteiger partial charge in [-0.15, -0.1) is 0 Å². The first-order chi connectivity index (χ1) is 8.56. The highest BCUT2D eigenvalue weighted by molar-refractivity contribution is 5.75. The molecule has 1 N–H and O–H groups in total. The summed E-state index contributed by atoms with van der Waals surface area (Å²) in [6, 6.07) is 0.475. The number of carbonyl (C=O) groups is 1. The number of nitrogens with zero attached hydrogens (tertiary/aromatic N) is 1. The van der Waals surface area contributed by atoms with E-state index in [1.165, 1.54) is 0 Å². The van der Waals surface area contributed by atoms with Crippen molar-refractivity contribution in [3.63, 3.8) is 0 Å². The Balaban J connectivity index is 2.31. The van der Waals surface area contributed by atoms with Gasteiger partial charge in [-0.05, 0) is 33.4 Å². The molecule has 3 atom stereocenters. The van der Waals surface area contributed by atoms with E-state index in [4.69, 9.17) is 9.47 Å². The largest absolute Gasteiger partial charge is 0.359 e. The quantitative estimate of drug-likeness (QED) is 0.772. The Morgan fingerprint density at radius 2 is 2.22 bits per heavy atom. The minimum absolute atomic E-state index is 0.0971. The average molecular weight is 258 g/mol. The molecule has 0 aromatic rings. The molecular weight excluding hydrogens is 232 g/mol. The second-order valence-corrected chi connectivity index (χ2v) is 4.99. The van der Waals surface area contributed by atoms with E-state index < -0.39 is 0 Å². The highest BCUT2D eigenvalue weighted by atomic mass is 16.7. The summed E-state index contributed by atoms with van der Waals surface area (Å²) in [5.41, 5.74) is 0. The van der Waals surface area contributed by atoms with Crippen molar-refractivity contribution in [3.8, 4) is 0 Å². The maximum Gasteiger partial charge on any atom is 0.219 e. The summed E-state index contributed by atoms with van der Waals surface area (Å²) in [5, 5.41) is 2.64. The summed E-state index contributed by atoms with van der Waals surface area (Å²) in [6.45, 7) is 3.01. The summed E-state index contributed by atoms with van der Waals surface area (Å²) in [4.78, 5) is 13.5. The van der Waals surface area contributed by atoms with Crippen LogP contribution in [0.4, 0.5) is 0 Å². The lowest BCUT2D eigenvalue weighted by Gasteiger charge is -2.37. The van der Waals surface area contributed by atoms with Crippen molar-refractivity contribution in [1.82, 2.24) is 10.2 Å². The van der Waals surface area contributed by atoms with Gasteiger partial charge in [0.15, 0.2) is 6.29 Å². The number of hydrogen-bond acceptors (Lipinski definition) is 4. The molecule has 5 nitrogen and oxygen atoms in total. The molecule has 0 aromatic carbocycles. The first kappa shape index (κ1) is 15.4. The number of ether oxygens (including phenoxy) is 2. The van der Waals surface area contributed by atoms with Gasteiger partial charge in [-0.1, -0.05) is 0 Å². The molecule has 1 amide bonds. The molecule has 0 aromatic heterocycles. The molecule has 0 radical (unpaired) electrons. The summed E-state index contributed by atoms with van der Waals surface area (Å²) >= 11 is 0. The molecule has 1 aliphatic heterocycles. The van der Waals surface area contributed by atoms with E-state index in [1.807, 2.05) is 0 Å². The van der Waals surface area contributed by atoms with Gasteiger partial charge in [-0.3, -0.25) is 4.79 Å². The van der Waals surface area contributed by atoms with Crippen molar-refractivity contribution in [2.45, 2.75) is 51.0 Å². The molecule has 0 spiro atoms. The molecule has 0 bridgehead atoms. The fourth-order valence-electron chi connectivity index (χ4n) is 2.38.